The predicted octanol–water partition coefficient (Wildman–Crippen LogP) is 3.32. The molecule has 32 heavy (non-hydrogen) atoms. The van der Waals surface area contributed by atoms with Crippen molar-refractivity contribution in [2.24, 2.45) is 5.41 Å². The van der Waals surface area contributed by atoms with Crippen LogP contribution in [0, 0.1) is 19.3 Å². The van der Waals surface area contributed by atoms with Crippen molar-refractivity contribution in [2.75, 3.05) is 13.1 Å². The van der Waals surface area contributed by atoms with Crippen molar-refractivity contribution < 1.29 is 4.79 Å². The summed E-state index contributed by atoms with van der Waals surface area (Å²) in [4.78, 5) is 34.9. The van der Waals surface area contributed by atoms with Crippen LogP contribution < -0.4 is 5.56 Å². The summed E-state index contributed by atoms with van der Waals surface area (Å²) in [5.74, 6) is 0.966. The lowest BCUT2D eigenvalue weighted by molar-refractivity contribution is -0.134. The number of nitrogens with one attached hydrogen (secondary N) is 1. The first-order chi connectivity index (χ1) is 15.1. The average Bonchev–Trinajstić information content (AvgIpc) is 3.13. The number of amides is 1. The molecule has 1 fully saturated rings. The van der Waals surface area contributed by atoms with Gasteiger partial charge in [0.2, 0.25) is 5.91 Å². The molecule has 4 rings (SSSR count). The highest BCUT2D eigenvalue weighted by Gasteiger charge is 2.28. The van der Waals surface area contributed by atoms with Crippen LogP contribution in [0.15, 0.2) is 23.0 Å². The number of H-pyrrole nitrogens is 1. The lowest BCUT2D eigenvalue weighted by Crippen LogP contribution is -2.39. The molecule has 3 heterocycles. The SMILES string of the molecule is Cc1ccc(C)c(Cn2nnc3c(=O)[nH]c(C4CCN(C(=O)CC(C)(C)C)CC4)nc32)c1. The van der Waals surface area contributed by atoms with Crippen molar-refractivity contribution in [3.63, 3.8) is 0 Å². The fourth-order valence-corrected chi connectivity index (χ4v) is 4.28. The molecule has 2 aromatic heterocycles. The van der Waals surface area contributed by atoms with Gasteiger partial charge in [0.1, 0.15) is 5.82 Å². The van der Waals surface area contributed by atoms with Crippen molar-refractivity contribution >= 4 is 17.1 Å². The molecule has 8 nitrogen and oxygen atoms in total. The minimum absolute atomic E-state index is 0.0210. The van der Waals surface area contributed by atoms with E-state index < -0.39 is 0 Å². The van der Waals surface area contributed by atoms with Crippen LogP contribution >= 0.6 is 0 Å². The number of hydrogen-bond acceptors (Lipinski definition) is 5. The van der Waals surface area contributed by atoms with Gasteiger partial charge in [-0.15, -0.1) is 5.10 Å². The molecule has 0 saturated carbocycles. The largest absolute Gasteiger partial charge is 0.343 e. The molecule has 0 aliphatic carbocycles. The van der Waals surface area contributed by atoms with Crippen molar-refractivity contribution in [1.29, 1.82) is 0 Å². The number of likely N-dealkylation sites (tertiary alicyclic amines) is 1. The molecule has 3 aromatic rings. The normalized spacial score (nSPS) is 15.5. The van der Waals surface area contributed by atoms with Gasteiger partial charge in [-0.05, 0) is 43.2 Å². The van der Waals surface area contributed by atoms with E-state index in [1.165, 1.54) is 5.56 Å². The van der Waals surface area contributed by atoms with Crippen molar-refractivity contribution in [3.8, 4) is 0 Å². The number of carbonyl (C=O) groups is 1. The molecule has 170 valence electrons. The Hall–Kier alpha value is -3.03. The van der Waals surface area contributed by atoms with Crippen LogP contribution in [-0.2, 0) is 11.3 Å². The molecule has 1 aliphatic heterocycles. The van der Waals surface area contributed by atoms with E-state index in [1.54, 1.807) is 4.68 Å². The molecule has 0 unspecified atom stereocenters. The second kappa shape index (κ2) is 8.48. The molecular formula is C24H32N6O2. The van der Waals surface area contributed by atoms with Crippen LogP contribution in [0.2, 0.25) is 0 Å². The maximum absolute atomic E-state index is 12.7. The quantitative estimate of drug-likeness (QED) is 0.677. The standard InChI is InChI=1S/C24H32N6O2/c1-15-6-7-16(2)18(12-15)14-30-22-20(27-28-30)23(32)26-21(25-22)17-8-10-29(11-9-17)19(31)13-24(3,4)5/h6-7,12,17H,8-11,13-14H2,1-5H3,(H,25,26,32). The number of piperidine rings is 1. The Morgan fingerprint density at radius 3 is 2.59 bits per heavy atom. The van der Waals surface area contributed by atoms with Crippen LogP contribution in [0.3, 0.4) is 0 Å². The Balaban J connectivity index is 1.55. The summed E-state index contributed by atoms with van der Waals surface area (Å²) >= 11 is 0. The number of aromatic amines is 1. The number of hydrogen-bond donors (Lipinski definition) is 1. The first-order valence-corrected chi connectivity index (χ1v) is 11.3. The Morgan fingerprint density at radius 1 is 1.19 bits per heavy atom. The predicted molar refractivity (Wildman–Crippen MR) is 124 cm³/mol. The fraction of sp³-hybridized carbons (Fsp3) is 0.542. The minimum Gasteiger partial charge on any atom is -0.343 e. The Morgan fingerprint density at radius 2 is 1.91 bits per heavy atom. The first kappa shape index (κ1) is 22.2. The van der Waals surface area contributed by atoms with Crippen LogP contribution in [0.5, 0.6) is 0 Å². The zero-order valence-corrected chi connectivity index (χ0v) is 19.6. The lowest BCUT2D eigenvalue weighted by atomic mass is 9.90. The molecule has 1 aromatic carbocycles. The van der Waals surface area contributed by atoms with Gasteiger partial charge in [0.15, 0.2) is 11.2 Å². The van der Waals surface area contributed by atoms with Gasteiger partial charge in [-0.2, -0.15) is 0 Å². The number of aromatic nitrogens is 5. The van der Waals surface area contributed by atoms with E-state index in [0.29, 0.717) is 37.5 Å². The van der Waals surface area contributed by atoms with Crippen LogP contribution in [0.1, 0.15) is 68.5 Å². The summed E-state index contributed by atoms with van der Waals surface area (Å²) in [6, 6.07) is 6.30. The highest BCUT2D eigenvalue weighted by Crippen LogP contribution is 2.28. The summed E-state index contributed by atoms with van der Waals surface area (Å²) in [6.45, 7) is 12.2. The third-order valence-electron chi connectivity index (χ3n) is 6.13. The molecule has 1 aliphatic rings. The van der Waals surface area contributed by atoms with Gasteiger partial charge in [0.25, 0.3) is 5.56 Å². The second-order valence-electron chi connectivity index (χ2n) is 10.2. The first-order valence-electron chi connectivity index (χ1n) is 11.3. The summed E-state index contributed by atoms with van der Waals surface area (Å²) in [5.41, 5.74) is 3.96. The molecule has 8 heteroatoms. The second-order valence-corrected chi connectivity index (χ2v) is 10.2. The molecule has 1 amide bonds. The zero-order chi connectivity index (χ0) is 23.0. The highest BCUT2D eigenvalue weighted by molar-refractivity contribution is 5.77. The van der Waals surface area contributed by atoms with E-state index >= 15 is 0 Å². The molecule has 0 bridgehead atoms. The smallest absolute Gasteiger partial charge is 0.281 e. The maximum Gasteiger partial charge on any atom is 0.281 e. The summed E-state index contributed by atoms with van der Waals surface area (Å²) in [6.07, 6.45) is 2.10. The third kappa shape index (κ3) is 4.74. The number of carbonyl (C=O) groups excluding carboxylic acids is 1. The van der Waals surface area contributed by atoms with Gasteiger partial charge < -0.3 is 9.88 Å². The highest BCUT2D eigenvalue weighted by atomic mass is 16.2. The Labute approximate surface area is 188 Å². The zero-order valence-electron chi connectivity index (χ0n) is 19.6. The fourth-order valence-electron chi connectivity index (χ4n) is 4.28. The molecule has 1 saturated heterocycles. The molecule has 0 atom stereocenters. The topological polar surface area (TPSA) is 96.8 Å². The Bertz CT molecular complexity index is 1200. The lowest BCUT2D eigenvalue weighted by Gasteiger charge is -2.33. The van der Waals surface area contributed by atoms with Gasteiger partial charge in [-0.3, -0.25) is 9.59 Å². The number of aryl methyl sites for hydroxylation is 2. The van der Waals surface area contributed by atoms with Gasteiger partial charge in [0, 0.05) is 25.4 Å². The molecular weight excluding hydrogens is 404 g/mol. The summed E-state index contributed by atoms with van der Waals surface area (Å²) < 4.78 is 1.71. The van der Waals surface area contributed by atoms with E-state index in [1.807, 2.05) is 4.90 Å². The maximum atomic E-state index is 12.7. The summed E-state index contributed by atoms with van der Waals surface area (Å²) in [5, 5.41) is 8.28. The van der Waals surface area contributed by atoms with E-state index in [9.17, 15) is 9.59 Å². The van der Waals surface area contributed by atoms with Crippen LogP contribution in [0.25, 0.3) is 11.2 Å². The third-order valence-corrected chi connectivity index (χ3v) is 6.13. The van der Waals surface area contributed by atoms with E-state index in [2.05, 4.69) is 68.1 Å². The number of rotatable bonds is 4. The summed E-state index contributed by atoms with van der Waals surface area (Å²) in [7, 11) is 0. The molecule has 1 N–H and O–H groups in total. The Kier molecular flexibility index (Phi) is 5.88. The van der Waals surface area contributed by atoms with E-state index in [0.717, 1.165) is 24.0 Å². The van der Waals surface area contributed by atoms with E-state index in [-0.39, 0.29) is 28.3 Å². The minimum atomic E-state index is -0.261. The number of benzene rings is 1. The number of nitrogens with zero attached hydrogens (tertiary/aromatic N) is 5. The van der Waals surface area contributed by atoms with Crippen molar-refractivity contribution in [1.82, 2.24) is 29.9 Å². The van der Waals surface area contributed by atoms with Crippen molar-refractivity contribution in [3.05, 3.63) is 51.1 Å². The van der Waals surface area contributed by atoms with Crippen LogP contribution in [-0.4, -0.2) is 48.9 Å². The van der Waals surface area contributed by atoms with Gasteiger partial charge in [-0.25, -0.2) is 9.67 Å². The van der Waals surface area contributed by atoms with E-state index in [4.69, 9.17) is 4.98 Å². The monoisotopic (exact) mass is 436 g/mol. The van der Waals surface area contributed by atoms with Gasteiger partial charge >= 0.3 is 0 Å². The molecule has 0 radical (unpaired) electrons. The van der Waals surface area contributed by atoms with Crippen LogP contribution in [0.4, 0.5) is 0 Å². The molecule has 0 spiro atoms. The number of fused-ring (bicyclic) bond motifs is 1. The van der Waals surface area contributed by atoms with Gasteiger partial charge in [0.05, 0.1) is 6.54 Å². The van der Waals surface area contributed by atoms with Gasteiger partial charge in [-0.1, -0.05) is 49.7 Å². The average molecular weight is 437 g/mol. The van der Waals surface area contributed by atoms with Crippen molar-refractivity contribution in [2.45, 2.75) is 66.3 Å².